The number of esters is 1. The molecule has 1 amide bonds. The zero-order valence-electron chi connectivity index (χ0n) is 17.2. The molecule has 0 unspecified atom stereocenters. The zero-order chi connectivity index (χ0) is 22.4. The lowest BCUT2D eigenvalue weighted by Gasteiger charge is -2.14. The molecular formula is C23H22N4O4. The molecule has 3 rings (SSSR count). The third kappa shape index (κ3) is 4.36. The first kappa shape index (κ1) is 21.5. The Morgan fingerprint density at radius 3 is 2.55 bits per heavy atom. The van der Waals surface area contributed by atoms with E-state index in [2.05, 4.69) is 5.32 Å². The van der Waals surface area contributed by atoms with Crippen LogP contribution in [0.1, 0.15) is 32.0 Å². The summed E-state index contributed by atoms with van der Waals surface area (Å²) in [6, 6.07) is 16.3. The highest BCUT2D eigenvalue weighted by molar-refractivity contribution is 6.00. The van der Waals surface area contributed by atoms with Gasteiger partial charge in [-0.1, -0.05) is 30.3 Å². The minimum absolute atomic E-state index is 0.000679. The smallest absolute Gasteiger partial charge is 0.357 e. The number of aromatic nitrogens is 1. The molecule has 3 N–H and O–H groups in total. The Hall–Kier alpha value is -4.25. The van der Waals surface area contributed by atoms with E-state index in [0.717, 1.165) is 11.3 Å². The number of rotatable bonds is 7. The van der Waals surface area contributed by atoms with Crippen LogP contribution in [-0.4, -0.2) is 37.2 Å². The summed E-state index contributed by atoms with van der Waals surface area (Å²) in [6.45, 7) is 0.384. The minimum Gasteiger partial charge on any atom is -0.496 e. The first-order valence-electron chi connectivity index (χ1n) is 9.50. The van der Waals surface area contributed by atoms with E-state index >= 15 is 0 Å². The standard InChI is InChI=1S/C23H22N4O4/c1-30-19-10-6-3-7-15(19)11-12-26-22(28)17-8-4-5-9-18(17)27-14-16(13-24)20(25)21(27)23(29)31-2/h3-10,14H,11-12,25H2,1-2H3,(H,26,28). The largest absolute Gasteiger partial charge is 0.496 e. The summed E-state index contributed by atoms with van der Waals surface area (Å²) in [7, 11) is 2.83. The molecule has 0 bridgehead atoms. The van der Waals surface area contributed by atoms with E-state index in [1.165, 1.54) is 17.9 Å². The van der Waals surface area contributed by atoms with Gasteiger partial charge < -0.3 is 25.1 Å². The van der Waals surface area contributed by atoms with Gasteiger partial charge in [0.15, 0.2) is 5.69 Å². The Morgan fingerprint density at radius 2 is 1.84 bits per heavy atom. The SMILES string of the molecule is COC(=O)c1c(N)c(C#N)cn1-c1ccccc1C(=O)NCCc1ccccc1OC. The third-order valence-corrected chi connectivity index (χ3v) is 4.82. The molecule has 0 saturated heterocycles. The van der Waals surface area contributed by atoms with Gasteiger partial charge in [-0.2, -0.15) is 5.26 Å². The molecule has 0 fully saturated rings. The van der Waals surface area contributed by atoms with Crippen molar-refractivity contribution in [2.24, 2.45) is 0 Å². The molecular weight excluding hydrogens is 396 g/mol. The van der Waals surface area contributed by atoms with Crippen molar-refractivity contribution in [3.8, 4) is 17.5 Å². The van der Waals surface area contributed by atoms with Crippen molar-refractivity contribution in [3.63, 3.8) is 0 Å². The number of benzene rings is 2. The summed E-state index contributed by atoms with van der Waals surface area (Å²) in [5.74, 6) is -0.274. The highest BCUT2D eigenvalue weighted by Crippen LogP contribution is 2.26. The first-order chi connectivity index (χ1) is 15.0. The second-order valence-electron chi connectivity index (χ2n) is 6.61. The Balaban J connectivity index is 1.88. The van der Waals surface area contributed by atoms with Crippen LogP contribution in [0, 0.1) is 11.3 Å². The van der Waals surface area contributed by atoms with Crippen molar-refractivity contribution < 1.29 is 19.1 Å². The fraction of sp³-hybridized carbons (Fsp3) is 0.174. The van der Waals surface area contributed by atoms with Crippen LogP contribution in [0.2, 0.25) is 0 Å². The molecule has 1 heterocycles. The number of nitrogens with one attached hydrogen (secondary N) is 1. The average molecular weight is 418 g/mol. The highest BCUT2D eigenvalue weighted by atomic mass is 16.5. The molecule has 3 aromatic rings. The van der Waals surface area contributed by atoms with Crippen LogP contribution in [0.15, 0.2) is 54.7 Å². The predicted molar refractivity (Wildman–Crippen MR) is 115 cm³/mol. The number of hydrogen-bond donors (Lipinski definition) is 2. The molecule has 1 aromatic heterocycles. The number of nitrogens with zero attached hydrogens (tertiary/aromatic N) is 2. The number of nitrogens with two attached hydrogens (primary N) is 1. The van der Waals surface area contributed by atoms with Gasteiger partial charge in [0.1, 0.15) is 11.8 Å². The van der Waals surface area contributed by atoms with Gasteiger partial charge in [0.25, 0.3) is 5.91 Å². The molecule has 8 nitrogen and oxygen atoms in total. The number of hydrogen-bond acceptors (Lipinski definition) is 6. The summed E-state index contributed by atoms with van der Waals surface area (Å²) >= 11 is 0. The lowest BCUT2D eigenvalue weighted by molar-refractivity contribution is 0.0592. The number of carbonyl (C=O) groups is 2. The second kappa shape index (κ2) is 9.50. The van der Waals surface area contributed by atoms with Crippen LogP contribution >= 0.6 is 0 Å². The number of nitrogen functional groups attached to an aromatic ring is 1. The summed E-state index contributed by atoms with van der Waals surface area (Å²) in [5.41, 5.74) is 7.79. The molecule has 0 aliphatic heterocycles. The molecule has 0 aliphatic carbocycles. The van der Waals surface area contributed by atoms with Crippen molar-refractivity contribution in [1.29, 1.82) is 5.26 Å². The molecule has 0 radical (unpaired) electrons. The van der Waals surface area contributed by atoms with Gasteiger partial charge in [-0.15, -0.1) is 0 Å². The van der Waals surface area contributed by atoms with Gasteiger partial charge in [-0.25, -0.2) is 4.79 Å². The monoisotopic (exact) mass is 418 g/mol. The number of ether oxygens (including phenoxy) is 2. The van der Waals surface area contributed by atoms with Crippen LogP contribution in [0.5, 0.6) is 5.75 Å². The van der Waals surface area contributed by atoms with Crippen LogP contribution < -0.4 is 15.8 Å². The van der Waals surface area contributed by atoms with Gasteiger partial charge in [0.05, 0.1) is 36.7 Å². The molecule has 2 aromatic carbocycles. The maximum absolute atomic E-state index is 12.9. The number of anilines is 1. The van der Waals surface area contributed by atoms with Gasteiger partial charge in [0, 0.05) is 12.7 Å². The van der Waals surface area contributed by atoms with Crippen molar-refractivity contribution in [3.05, 3.63) is 77.1 Å². The summed E-state index contributed by atoms with van der Waals surface area (Å²) in [6.07, 6.45) is 2.00. The van der Waals surface area contributed by atoms with Crippen molar-refractivity contribution in [2.45, 2.75) is 6.42 Å². The highest BCUT2D eigenvalue weighted by Gasteiger charge is 2.24. The molecule has 31 heavy (non-hydrogen) atoms. The van der Waals surface area contributed by atoms with Gasteiger partial charge >= 0.3 is 5.97 Å². The van der Waals surface area contributed by atoms with Crippen LogP contribution in [0.4, 0.5) is 5.69 Å². The van der Waals surface area contributed by atoms with Gasteiger partial charge in [0.2, 0.25) is 0 Å². The number of methoxy groups -OCH3 is 2. The van der Waals surface area contributed by atoms with Crippen molar-refractivity contribution in [1.82, 2.24) is 9.88 Å². The zero-order valence-corrected chi connectivity index (χ0v) is 17.2. The average Bonchev–Trinajstić information content (AvgIpc) is 3.14. The van der Waals surface area contributed by atoms with Gasteiger partial charge in [-0.05, 0) is 30.2 Å². The summed E-state index contributed by atoms with van der Waals surface area (Å²) < 4.78 is 11.6. The Kier molecular flexibility index (Phi) is 6.58. The van der Waals surface area contributed by atoms with Crippen LogP contribution in [0.25, 0.3) is 5.69 Å². The van der Waals surface area contributed by atoms with E-state index in [4.69, 9.17) is 15.2 Å². The minimum atomic E-state index is -0.703. The topological polar surface area (TPSA) is 119 Å². The molecule has 0 saturated carbocycles. The van der Waals surface area contributed by atoms with Crippen molar-refractivity contribution in [2.75, 3.05) is 26.5 Å². The fourth-order valence-electron chi connectivity index (χ4n) is 3.30. The number of amides is 1. The maximum Gasteiger partial charge on any atom is 0.357 e. The molecule has 158 valence electrons. The van der Waals surface area contributed by atoms with Crippen LogP contribution in [-0.2, 0) is 11.2 Å². The first-order valence-corrected chi connectivity index (χ1v) is 9.50. The van der Waals surface area contributed by atoms with E-state index in [0.29, 0.717) is 24.2 Å². The lowest BCUT2D eigenvalue weighted by Crippen LogP contribution is -2.27. The summed E-state index contributed by atoms with van der Waals surface area (Å²) in [5, 5.41) is 12.2. The molecule has 0 atom stereocenters. The Labute approximate surface area is 179 Å². The van der Waals surface area contributed by atoms with E-state index in [9.17, 15) is 14.9 Å². The maximum atomic E-state index is 12.9. The predicted octanol–water partition coefficient (Wildman–Crippen LogP) is 2.70. The number of carbonyl (C=O) groups excluding carboxylic acids is 2. The Bertz CT molecular complexity index is 1160. The Morgan fingerprint density at radius 1 is 1.13 bits per heavy atom. The van der Waals surface area contributed by atoms with E-state index in [-0.39, 0.29) is 22.9 Å². The van der Waals surface area contributed by atoms with Crippen LogP contribution in [0.3, 0.4) is 0 Å². The number of para-hydroxylation sites is 2. The summed E-state index contributed by atoms with van der Waals surface area (Å²) in [4.78, 5) is 25.2. The number of nitriles is 1. The fourth-order valence-corrected chi connectivity index (χ4v) is 3.30. The van der Waals surface area contributed by atoms with Gasteiger partial charge in [-0.3, -0.25) is 4.79 Å². The van der Waals surface area contributed by atoms with Crippen molar-refractivity contribution >= 4 is 17.6 Å². The van der Waals surface area contributed by atoms with E-state index in [1.54, 1.807) is 31.4 Å². The van der Waals surface area contributed by atoms with E-state index in [1.807, 2.05) is 30.3 Å². The normalized spacial score (nSPS) is 10.2. The third-order valence-electron chi connectivity index (χ3n) is 4.82. The molecule has 0 spiro atoms. The quantitative estimate of drug-likeness (QED) is 0.570. The second-order valence-corrected chi connectivity index (χ2v) is 6.61. The lowest BCUT2D eigenvalue weighted by atomic mass is 10.1. The van der Waals surface area contributed by atoms with E-state index < -0.39 is 5.97 Å². The molecule has 8 heteroatoms. The molecule has 0 aliphatic rings.